The van der Waals surface area contributed by atoms with Crippen LogP contribution in [-0.2, 0) is 42.8 Å². The van der Waals surface area contributed by atoms with Crippen LogP contribution in [0.4, 0.5) is 0 Å². The normalized spacial score (nSPS) is 10.6. The fourth-order valence-corrected chi connectivity index (χ4v) is 10.2. The van der Waals surface area contributed by atoms with Gasteiger partial charge in [0.05, 0.1) is 102 Å². The first-order valence-electron chi connectivity index (χ1n) is 32.5. The van der Waals surface area contributed by atoms with Crippen molar-refractivity contribution in [1.29, 1.82) is 0 Å². The van der Waals surface area contributed by atoms with E-state index < -0.39 is 53.7 Å². The van der Waals surface area contributed by atoms with Gasteiger partial charge >= 0.3 is 53.7 Å². The van der Waals surface area contributed by atoms with Crippen LogP contribution in [0.1, 0.15) is 120 Å². The monoisotopic (exact) mass is 1510 g/mol. The number of rotatable bonds is 39. The molecule has 102 heavy (non-hydrogen) atoms. The molecule has 0 saturated heterocycles. The Morgan fingerprint density at radius 3 is 0.961 bits per heavy atom. The molecule has 0 heterocycles. The number of carbonyl (C=O) groups excluding carboxylic acids is 9. The zero-order valence-corrected chi connectivity index (χ0v) is 58.6. The second-order valence-electron chi connectivity index (χ2n) is 22.2. The molecular formula is C79H72Br2O21. The fourth-order valence-electron chi connectivity index (χ4n) is 9.25. The number of ether oxygens (including phenoxy) is 12. The number of benzene rings is 8. The molecule has 0 atom stereocenters. The molecule has 21 nitrogen and oxygen atoms in total. The van der Waals surface area contributed by atoms with E-state index in [2.05, 4.69) is 45.0 Å². The number of hydrogen-bond acceptors (Lipinski definition) is 21. The van der Waals surface area contributed by atoms with E-state index in [9.17, 15) is 43.2 Å². The van der Waals surface area contributed by atoms with Gasteiger partial charge in [-0.05, 0) is 239 Å². The van der Waals surface area contributed by atoms with Crippen molar-refractivity contribution >= 4 is 85.6 Å². The third-order valence-corrected chi connectivity index (χ3v) is 16.0. The summed E-state index contributed by atoms with van der Waals surface area (Å²) in [6.07, 6.45) is 7.02. The van der Waals surface area contributed by atoms with Crippen molar-refractivity contribution in [2.24, 2.45) is 0 Å². The van der Waals surface area contributed by atoms with Gasteiger partial charge in [-0.3, -0.25) is 4.79 Å². The summed E-state index contributed by atoms with van der Waals surface area (Å²) in [4.78, 5) is 112. The Balaban J connectivity index is 0.624. The molecule has 8 aromatic carbocycles. The van der Waals surface area contributed by atoms with Crippen molar-refractivity contribution in [3.63, 3.8) is 0 Å². The molecular weight excluding hydrogens is 1440 g/mol. The first-order valence-corrected chi connectivity index (χ1v) is 34.1. The molecule has 0 N–H and O–H groups in total. The SMILES string of the molecule is C=CC(=O)OCCCCOC(=O)c1ccc(-c2ccc(OC(=O)c3ccc(OC(=O)c4ccc(OCCCCOCCC(=O)OCCCCOC(=O)c5ccc(-c6ccc(OC(=O)c7ccc(OC(=O)c8ccc(OCCCCOC(=O)C=C)cc8)c(Br)c7)cc6)cc5)cc4)c(Br)c3)cc2)cc1. The minimum absolute atomic E-state index is 0.0888. The average Bonchev–Trinajstić information content (AvgIpc) is 0.860. The molecule has 0 aromatic heterocycles. The molecule has 528 valence electrons. The highest BCUT2D eigenvalue weighted by molar-refractivity contribution is 9.11. The van der Waals surface area contributed by atoms with E-state index in [0.717, 1.165) is 34.4 Å². The number of carbonyl (C=O) groups is 9. The Hall–Kier alpha value is -11.0. The third kappa shape index (κ3) is 25.3. The van der Waals surface area contributed by atoms with Crippen molar-refractivity contribution in [2.45, 2.75) is 57.8 Å². The topological polar surface area (TPSA) is 264 Å². The van der Waals surface area contributed by atoms with E-state index in [1.165, 1.54) is 36.4 Å². The van der Waals surface area contributed by atoms with Crippen LogP contribution in [0.3, 0.4) is 0 Å². The second kappa shape index (κ2) is 40.9. The first-order chi connectivity index (χ1) is 49.5. The van der Waals surface area contributed by atoms with E-state index in [1.54, 1.807) is 146 Å². The van der Waals surface area contributed by atoms with E-state index >= 15 is 0 Å². The summed E-state index contributed by atoms with van der Waals surface area (Å²) in [5, 5.41) is 0. The number of hydrogen-bond donors (Lipinski definition) is 0. The van der Waals surface area contributed by atoms with Crippen molar-refractivity contribution in [1.82, 2.24) is 0 Å². The molecule has 0 aliphatic heterocycles. The largest absolute Gasteiger partial charge is 0.494 e. The standard InChI is InChI=1S/C79H72Br2O21/c1-3-71(82)94-45-8-7-44-93-64-33-27-60(28-34-64)77(88)102-70-40-30-62(52-68(70)81)79(90)100-66-37-23-56(24-38-66)54-15-19-58(20-16-54)75(86)98-49-12-10-47-96-73(84)41-50-91-42-5-6-43-92-63-31-25-59(26-32-63)76(87)101-69-39-29-61(51-67(69)80)78(89)99-65-35-21-55(22-36-65)53-13-17-57(18-14-53)74(85)97-48-11-9-46-95-72(83)4-2/h3-4,13-40,51-52H,1-2,5-12,41-50H2. The Labute approximate surface area is 605 Å². The highest BCUT2D eigenvalue weighted by atomic mass is 79.9. The molecule has 8 rings (SSSR count). The van der Waals surface area contributed by atoms with Gasteiger partial charge in [0.2, 0.25) is 0 Å². The molecule has 0 radical (unpaired) electrons. The zero-order chi connectivity index (χ0) is 72.4. The lowest BCUT2D eigenvalue weighted by Gasteiger charge is -2.10. The van der Waals surface area contributed by atoms with Gasteiger partial charge in [0.1, 0.15) is 34.5 Å². The van der Waals surface area contributed by atoms with Gasteiger partial charge in [-0.25, -0.2) is 38.4 Å². The first kappa shape index (κ1) is 76.7. The second-order valence-corrected chi connectivity index (χ2v) is 23.9. The summed E-state index contributed by atoms with van der Waals surface area (Å²) < 4.78 is 66.1. The molecule has 0 fully saturated rings. The van der Waals surface area contributed by atoms with Crippen molar-refractivity contribution in [3.8, 4) is 56.8 Å². The van der Waals surface area contributed by atoms with Crippen LogP contribution < -0.4 is 28.4 Å². The molecule has 0 aliphatic carbocycles. The number of esters is 9. The maximum absolute atomic E-state index is 13.1. The highest BCUT2D eigenvalue weighted by Crippen LogP contribution is 2.32. The van der Waals surface area contributed by atoms with Crippen LogP contribution in [0.15, 0.2) is 216 Å². The molecule has 0 unspecified atom stereocenters. The van der Waals surface area contributed by atoms with E-state index in [1.807, 2.05) is 0 Å². The van der Waals surface area contributed by atoms with E-state index in [0.29, 0.717) is 114 Å². The summed E-state index contributed by atoms with van der Waals surface area (Å²) in [7, 11) is 0. The lowest BCUT2D eigenvalue weighted by Crippen LogP contribution is -2.11. The predicted octanol–water partition coefficient (Wildman–Crippen LogP) is 15.7. The molecule has 0 bridgehead atoms. The van der Waals surface area contributed by atoms with Gasteiger partial charge in [0, 0.05) is 18.8 Å². The van der Waals surface area contributed by atoms with Crippen LogP contribution in [-0.4, -0.2) is 113 Å². The summed E-state index contributed by atoms with van der Waals surface area (Å²) in [6.45, 7) is 9.09. The van der Waals surface area contributed by atoms with Crippen LogP contribution in [0.25, 0.3) is 22.3 Å². The van der Waals surface area contributed by atoms with Gasteiger partial charge in [0.15, 0.2) is 0 Å². The van der Waals surface area contributed by atoms with Gasteiger partial charge in [-0.15, -0.1) is 0 Å². The smallest absolute Gasteiger partial charge is 0.343 e. The van der Waals surface area contributed by atoms with Gasteiger partial charge in [-0.1, -0.05) is 61.7 Å². The fraction of sp³-hybridized carbons (Fsp3) is 0.228. The Morgan fingerprint density at radius 2 is 0.588 bits per heavy atom. The van der Waals surface area contributed by atoms with Crippen molar-refractivity contribution < 1.29 is 100.0 Å². The zero-order valence-electron chi connectivity index (χ0n) is 55.4. The summed E-state index contributed by atoms with van der Waals surface area (Å²) >= 11 is 6.77. The van der Waals surface area contributed by atoms with Gasteiger partial charge in [0.25, 0.3) is 0 Å². The van der Waals surface area contributed by atoms with Crippen LogP contribution in [0.5, 0.6) is 34.5 Å². The molecule has 23 heteroatoms. The minimum atomic E-state index is -0.629. The lowest BCUT2D eigenvalue weighted by atomic mass is 10.0. The molecule has 0 spiro atoms. The van der Waals surface area contributed by atoms with E-state index in [-0.39, 0.29) is 79.8 Å². The average molecular weight is 1520 g/mol. The molecule has 0 amide bonds. The Kier molecular flexibility index (Phi) is 30.8. The lowest BCUT2D eigenvalue weighted by molar-refractivity contribution is -0.145. The minimum Gasteiger partial charge on any atom is -0.494 e. The number of halogens is 2. The van der Waals surface area contributed by atoms with Crippen LogP contribution >= 0.6 is 31.9 Å². The Morgan fingerprint density at radius 1 is 0.294 bits per heavy atom. The molecule has 0 aliphatic rings. The third-order valence-electron chi connectivity index (χ3n) is 14.8. The quantitative estimate of drug-likeness (QED) is 0.0114. The van der Waals surface area contributed by atoms with Crippen LogP contribution in [0, 0.1) is 0 Å². The maximum atomic E-state index is 13.1. The van der Waals surface area contributed by atoms with E-state index in [4.69, 9.17) is 56.8 Å². The van der Waals surface area contributed by atoms with Gasteiger partial charge < -0.3 is 56.8 Å². The molecule has 8 aromatic rings. The Bertz CT molecular complexity index is 4170. The van der Waals surface area contributed by atoms with Crippen LogP contribution in [0.2, 0.25) is 0 Å². The maximum Gasteiger partial charge on any atom is 0.343 e. The number of unbranched alkanes of at least 4 members (excludes halogenated alkanes) is 4. The van der Waals surface area contributed by atoms with Crippen molar-refractivity contribution in [3.05, 3.63) is 250 Å². The van der Waals surface area contributed by atoms with Crippen molar-refractivity contribution in [2.75, 3.05) is 59.5 Å². The summed E-state index contributed by atoms with van der Waals surface area (Å²) in [6, 6.07) is 49.4. The summed E-state index contributed by atoms with van der Waals surface area (Å²) in [5.41, 5.74) is 5.03. The highest BCUT2D eigenvalue weighted by Gasteiger charge is 2.19. The molecule has 0 saturated carbocycles. The summed E-state index contributed by atoms with van der Waals surface area (Å²) in [5.74, 6) is -2.69. The predicted molar refractivity (Wildman–Crippen MR) is 382 cm³/mol. The van der Waals surface area contributed by atoms with Gasteiger partial charge in [-0.2, -0.15) is 0 Å².